The smallest absolute Gasteiger partial charge is 0.104 e. The third-order valence-corrected chi connectivity index (χ3v) is 7.62. The van der Waals surface area contributed by atoms with Crippen molar-refractivity contribution in [3.05, 3.63) is 0 Å². The summed E-state index contributed by atoms with van der Waals surface area (Å²) in [5.41, 5.74) is 0.312. The van der Waals surface area contributed by atoms with E-state index in [1.807, 2.05) is 6.92 Å². The van der Waals surface area contributed by atoms with Crippen molar-refractivity contribution < 1.29 is 47.4 Å². The molecule has 216 valence electrons. The lowest BCUT2D eigenvalue weighted by Crippen LogP contribution is -2.46. The number of rotatable bonds is 23. The Morgan fingerprint density at radius 3 is 1.51 bits per heavy atom. The van der Waals surface area contributed by atoms with E-state index in [2.05, 4.69) is 13.8 Å². The van der Waals surface area contributed by atoms with E-state index in [4.69, 9.17) is 47.4 Å². The predicted molar refractivity (Wildman–Crippen MR) is 134 cm³/mol. The minimum atomic E-state index is -0.147. The Kier molecular flexibility index (Phi) is 11.9. The molecule has 0 N–H and O–H groups in total. The average molecular weight is 533 g/mol. The molecule has 0 bridgehead atoms. The second-order valence-electron chi connectivity index (χ2n) is 11.2. The van der Waals surface area contributed by atoms with Crippen LogP contribution in [0, 0.1) is 10.8 Å². The number of hydrogen-bond donors (Lipinski definition) is 0. The van der Waals surface area contributed by atoms with Crippen molar-refractivity contribution in [2.45, 2.75) is 64.1 Å². The monoisotopic (exact) mass is 532 g/mol. The fourth-order valence-electron chi connectivity index (χ4n) is 4.16. The maximum Gasteiger partial charge on any atom is 0.104 e. The Hall–Kier alpha value is -0.400. The van der Waals surface area contributed by atoms with Crippen molar-refractivity contribution in [2.24, 2.45) is 10.8 Å². The number of ether oxygens (including phenoxy) is 10. The minimum absolute atomic E-state index is 0.0888. The quantitative estimate of drug-likeness (QED) is 0.181. The van der Waals surface area contributed by atoms with E-state index in [1.165, 1.54) is 0 Å². The van der Waals surface area contributed by atoms with Gasteiger partial charge in [-0.05, 0) is 19.8 Å². The molecular formula is C27H48O10. The van der Waals surface area contributed by atoms with Gasteiger partial charge in [0.25, 0.3) is 0 Å². The summed E-state index contributed by atoms with van der Waals surface area (Å²) in [6.07, 6.45) is 2.13. The van der Waals surface area contributed by atoms with Crippen LogP contribution in [-0.2, 0) is 47.4 Å². The van der Waals surface area contributed by atoms with Gasteiger partial charge in [-0.1, -0.05) is 13.8 Å². The molecule has 4 rings (SSSR count). The van der Waals surface area contributed by atoms with Crippen molar-refractivity contribution in [2.75, 3.05) is 99.1 Å². The SMILES string of the molecule is CCC1(COCC(COCC(C)OCC(COCC2(CC)COC2)OCC2CO2)OCC2CO2)COC1. The van der Waals surface area contributed by atoms with E-state index in [0.29, 0.717) is 59.5 Å². The topological polar surface area (TPSA) is 98.9 Å². The van der Waals surface area contributed by atoms with Crippen LogP contribution in [0.5, 0.6) is 0 Å². The largest absolute Gasteiger partial charge is 0.380 e. The molecule has 4 fully saturated rings. The third-order valence-electron chi connectivity index (χ3n) is 7.62. The molecule has 0 spiro atoms. The van der Waals surface area contributed by atoms with Gasteiger partial charge in [0.2, 0.25) is 0 Å². The van der Waals surface area contributed by atoms with E-state index < -0.39 is 0 Å². The molecule has 37 heavy (non-hydrogen) atoms. The highest BCUT2D eigenvalue weighted by molar-refractivity contribution is 4.85. The summed E-state index contributed by atoms with van der Waals surface area (Å²) in [6.45, 7) is 15.8. The molecule has 4 aliphatic heterocycles. The Morgan fingerprint density at radius 2 is 1.11 bits per heavy atom. The molecule has 5 atom stereocenters. The molecule has 0 aliphatic carbocycles. The van der Waals surface area contributed by atoms with Crippen LogP contribution in [-0.4, -0.2) is 130 Å². The number of epoxide rings is 2. The van der Waals surface area contributed by atoms with Crippen LogP contribution in [0.15, 0.2) is 0 Å². The highest BCUT2D eigenvalue weighted by Crippen LogP contribution is 2.32. The summed E-state index contributed by atoms with van der Waals surface area (Å²) < 4.78 is 57.4. The second kappa shape index (κ2) is 14.8. The first-order valence-corrected chi connectivity index (χ1v) is 14.0. The van der Waals surface area contributed by atoms with Gasteiger partial charge in [0.15, 0.2) is 0 Å². The summed E-state index contributed by atoms with van der Waals surface area (Å²) in [7, 11) is 0. The van der Waals surface area contributed by atoms with Crippen molar-refractivity contribution in [3.63, 3.8) is 0 Å². The van der Waals surface area contributed by atoms with Gasteiger partial charge in [-0.2, -0.15) is 0 Å². The van der Waals surface area contributed by atoms with Crippen LogP contribution in [0.25, 0.3) is 0 Å². The standard InChI is InChI=1S/C27H48O10/c1-4-26(17-31-18-26)15-29-8-22(34-11-24-13-36-24)7-28-6-21(3)33-10-23(35-12-25-14-37-25)9-30-16-27(5-2)19-32-20-27/h21-25H,4-20H2,1-3H3. The Morgan fingerprint density at radius 1 is 0.649 bits per heavy atom. The van der Waals surface area contributed by atoms with E-state index >= 15 is 0 Å². The van der Waals surface area contributed by atoms with Gasteiger partial charge in [-0.3, -0.25) is 0 Å². The lowest BCUT2D eigenvalue weighted by molar-refractivity contribution is -0.164. The first-order chi connectivity index (χ1) is 18.0. The number of hydrogen-bond acceptors (Lipinski definition) is 10. The molecule has 4 saturated heterocycles. The van der Waals surface area contributed by atoms with Gasteiger partial charge in [-0.25, -0.2) is 0 Å². The van der Waals surface area contributed by atoms with E-state index in [-0.39, 0.29) is 41.3 Å². The normalized spacial score (nSPS) is 27.6. The van der Waals surface area contributed by atoms with Crippen LogP contribution in [0.4, 0.5) is 0 Å². The van der Waals surface area contributed by atoms with Crippen molar-refractivity contribution in [1.82, 2.24) is 0 Å². The maximum atomic E-state index is 6.06. The Bertz CT molecular complexity index is 622. The lowest BCUT2D eigenvalue weighted by Gasteiger charge is -2.40. The summed E-state index contributed by atoms with van der Waals surface area (Å²) in [6, 6.07) is 0. The first kappa shape index (κ1) is 29.6. The van der Waals surface area contributed by atoms with Crippen molar-refractivity contribution in [3.8, 4) is 0 Å². The summed E-state index contributed by atoms with van der Waals surface area (Å²) >= 11 is 0. The van der Waals surface area contributed by atoms with Crippen molar-refractivity contribution in [1.29, 1.82) is 0 Å². The molecule has 0 aromatic carbocycles. The molecule has 0 radical (unpaired) electrons. The lowest BCUT2D eigenvalue weighted by atomic mass is 9.84. The van der Waals surface area contributed by atoms with Crippen LogP contribution in [0.1, 0.15) is 33.6 Å². The van der Waals surface area contributed by atoms with Crippen LogP contribution >= 0.6 is 0 Å². The fourth-order valence-corrected chi connectivity index (χ4v) is 4.16. The van der Waals surface area contributed by atoms with Crippen molar-refractivity contribution >= 4 is 0 Å². The summed E-state index contributed by atoms with van der Waals surface area (Å²) in [4.78, 5) is 0. The zero-order valence-electron chi connectivity index (χ0n) is 23.0. The molecular weight excluding hydrogens is 484 g/mol. The molecule has 4 heterocycles. The zero-order valence-corrected chi connectivity index (χ0v) is 23.0. The summed E-state index contributed by atoms with van der Waals surface area (Å²) in [5.74, 6) is 0. The molecule has 4 aliphatic rings. The van der Waals surface area contributed by atoms with Gasteiger partial charge in [0.1, 0.15) is 24.4 Å². The van der Waals surface area contributed by atoms with E-state index in [9.17, 15) is 0 Å². The molecule has 0 amide bonds. The zero-order chi connectivity index (χ0) is 26.0. The molecule has 0 aromatic rings. The predicted octanol–water partition coefficient (Wildman–Crippen LogP) is 1.86. The van der Waals surface area contributed by atoms with Gasteiger partial charge >= 0.3 is 0 Å². The second-order valence-corrected chi connectivity index (χ2v) is 11.2. The van der Waals surface area contributed by atoms with Crippen LogP contribution in [0.2, 0.25) is 0 Å². The van der Waals surface area contributed by atoms with E-state index in [0.717, 1.165) is 52.5 Å². The summed E-state index contributed by atoms with van der Waals surface area (Å²) in [5, 5.41) is 0. The molecule has 0 saturated carbocycles. The highest BCUT2D eigenvalue weighted by atomic mass is 16.6. The van der Waals surface area contributed by atoms with Gasteiger partial charge in [0, 0.05) is 10.8 Å². The van der Waals surface area contributed by atoms with Crippen LogP contribution in [0.3, 0.4) is 0 Å². The molecule has 10 heteroatoms. The maximum absolute atomic E-state index is 6.06. The Labute approximate surface area is 221 Å². The average Bonchev–Trinajstić information content (AvgIpc) is 3.77. The van der Waals surface area contributed by atoms with E-state index in [1.54, 1.807) is 0 Å². The molecule has 0 aromatic heterocycles. The van der Waals surface area contributed by atoms with Gasteiger partial charge in [0.05, 0.1) is 105 Å². The minimum Gasteiger partial charge on any atom is -0.380 e. The van der Waals surface area contributed by atoms with Gasteiger partial charge < -0.3 is 47.4 Å². The highest BCUT2D eigenvalue weighted by Gasteiger charge is 2.38. The molecule has 10 nitrogen and oxygen atoms in total. The Balaban J connectivity index is 1.11. The fraction of sp³-hybridized carbons (Fsp3) is 1.00. The van der Waals surface area contributed by atoms with Gasteiger partial charge in [-0.15, -0.1) is 0 Å². The molecule has 5 unspecified atom stereocenters. The third kappa shape index (κ3) is 10.3. The van der Waals surface area contributed by atoms with Crippen LogP contribution < -0.4 is 0 Å². The first-order valence-electron chi connectivity index (χ1n) is 14.0.